The third-order valence-corrected chi connectivity index (χ3v) is 4.63. The summed E-state index contributed by atoms with van der Waals surface area (Å²) in [4.78, 5) is 2.24. The van der Waals surface area contributed by atoms with Gasteiger partial charge in [0.1, 0.15) is 0 Å². The Morgan fingerprint density at radius 1 is 1.41 bits per heavy atom. The third kappa shape index (κ3) is 3.13. The normalized spacial score (nSPS) is 20.5. The summed E-state index contributed by atoms with van der Waals surface area (Å²) < 4.78 is 5.78. The van der Waals surface area contributed by atoms with Crippen LogP contribution in [0.25, 0.3) is 11.5 Å². The smallest absolute Gasteiger partial charge is 0.249 e. The molecule has 0 saturated carbocycles. The van der Waals surface area contributed by atoms with E-state index in [0.717, 1.165) is 19.5 Å². The van der Waals surface area contributed by atoms with E-state index in [9.17, 15) is 5.11 Å². The first-order chi connectivity index (χ1) is 10.6. The molecule has 2 atom stereocenters. The van der Waals surface area contributed by atoms with Crippen molar-refractivity contribution in [3.8, 4) is 11.5 Å². The van der Waals surface area contributed by atoms with E-state index in [1.165, 1.54) is 0 Å². The molecular formula is C15H17Cl2N3O2. The lowest BCUT2D eigenvalue weighted by Crippen LogP contribution is -2.25. The number of likely N-dealkylation sites (tertiary alicyclic amines) is 1. The van der Waals surface area contributed by atoms with Gasteiger partial charge >= 0.3 is 0 Å². The van der Waals surface area contributed by atoms with Gasteiger partial charge in [-0.2, -0.15) is 0 Å². The summed E-state index contributed by atoms with van der Waals surface area (Å²) >= 11 is 12.1. The lowest BCUT2D eigenvalue weighted by Gasteiger charge is -2.20. The minimum Gasteiger partial charge on any atom is -0.419 e. The predicted octanol–water partition coefficient (Wildman–Crippen LogP) is 3.42. The Balaban J connectivity index is 1.78. The minimum absolute atomic E-state index is 0.0175. The molecule has 0 amide bonds. The van der Waals surface area contributed by atoms with Crippen molar-refractivity contribution in [3.05, 3.63) is 34.1 Å². The molecule has 1 saturated heterocycles. The van der Waals surface area contributed by atoms with Gasteiger partial charge in [-0.1, -0.05) is 23.2 Å². The second-order valence-corrected chi connectivity index (χ2v) is 6.42. The highest BCUT2D eigenvalue weighted by Crippen LogP contribution is 2.32. The van der Waals surface area contributed by atoms with Gasteiger partial charge in [-0.3, -0.25) is 4.90 Å². The Morgan fingerprint density at radius 2 is 2.23 bits per heavy atom. The number of aliphatic hydroxyl groups is 1. The van der Waals surface area contributed by atoms with Crippen molar-refractivity contribution < 1.29 is 9.52 Å². The molecule has 1 aliphatic rings. The molecular weight excluding hydrogens is 325 g/mol. The molecule has 1 fully saturated rings. The standard InChI is InChI=1S/C15H17Cl2N3O2/c1-9(20-5-4-10(7-20)8-21)14-18-19-15(22-14)12-3-2-11(16)6-13(12)17/h2-3,6,9-10,21H,4-5,7-8H2,1H3/t9-,10-/m1/s1. The molecule has 0 aliphatic carbocycles. The SMILES string of the molecule is C[C@H](c1nnc(-c2ccc(Cl)cc2Cl)o1)N1CC[C@@H](CO)C1. The molecule has 7 heteroatoms. The van der Waals surface area contributed by atoms with Crippen LogP contribution >= 0.6 is 23.2 Å². The summed E-state index contributed by atoms with van der Waals surface area (Å²) in [6.07, 6.45) is 0.991. The van der Waals surface area contributed by atoms with E-state index >= 15 is 0 Å². The Morgan fingerprint density at radius 3 is 2.91 bits per heavy atom. The summed E-state index contributed by atoms with van der Waals surface area (Å²) in [5.74, 6) is 1.27. The van der Waals surface area contributed by atoms with Gasteiger partial charge in [-0.15, -0.1) is 10.2 Å². The van der Waals surface area contributed by atoms with Crippen molar-refractivity contribution in [1.82, 2.24) is 15.1 Å². The zero-order valence-electron chi connectivity index (χ0n) is 12.2. The lowest BCUT2D eigenvalue weighted by atomic mass is 10.1. The van der Waals surface area contributed by atoms with Crippen LogP contribution in [0.1, 0.15) is 25.3 Å². The van der Waals surface area contributed by atoms with Crippen molar-refractivity contribution >= 4 is 23.2 Å². The molecule has 2 heterocycles. The number of halogens is 2. The second kappa shape index (κ2) is 6.54. The highest BCUT2D eigenvalue weighted by Gasteiger charge is 2.29. The van der Waals surface area contributed by atoms with Crippen molar-refractivity contribution in [3.63, 3.8) is 0 Å². The number of benzene rings is 1. The van der Waals surface area contributed by atoms with E-state index in [0.29, 0.717) is 33.3 Å². The van der Waals surface area contributed by atoms with E-state index in [1.54, 1.807) is 18.2 Å². The van der Waals surface area contributed by atoms with Gasteiger partial charge in [0.25, 0.3) is 0 Å². The molecule has 2 aromatic rings. The van der Waals surface area contributed by atoms with Crippen LogP contribution in [0.2, 0.25) is 10.0 Å². The molecule has 1 aromatic carbocycles. The fourth-order valence-corrected chi connectivity index (χ4v) is 3.18. The summed E-state index contributed by atoms with van der Waals surface area (Å²) in [7, 11) is 0. The molecule has 0 spiro atoms. The van der Waals surface area contributed by atoms with Crippen molar-refractivity contribution in [2.75, 3.05) is 19.7 Å². The van der Waals surface area contributed by atoms with Crippen molar-refractivity contribution in [2.45, 2.75) is 19.4 Å². The number of aromatic nitrogens is 2. The molecule has 1 aliphatic heterocycles. The zero-order chi connectivity index (χ0) is 15.7. The van der Waals surface area contributed by atoms with Gasteiger partial charge in [0.05, 0.1) is 16.6 Å². The zero-order valence-corrected chi connectivity index (χ0v) is 13.7. The van der Waals surface area contributed by atoms with E-state index < -0.39 is 0 Å². The Hall–Kier alpha value is -1.14. The quantitative estimate of drug-likeness (QED) is 0.922. The Labute approximate surface area is 138 Å². The number of rotatable bonds is 4. The number of hydrogen-bond donors (Lipinski definition) is 1. The van der Waals surface area contributed by atoms with Crippen molar-refractivity contribution in [1.29, 1.82) is 0 Å². The average molecular weight is 342 g/mol. The molecule has 22 heavy (non-hydrogen) atoms. The third-order valence-electron chi connectivity index (χ3n) is 4.08. The van der Waals surface area contributed by atoms with E-state index in [4.69, 9.17) is 27.6 Å². The molecule has 3 rings (SSSR count). The fourth-order valence-electron chi connectivity index (χ4n) is 2.69. The summed E-state index contributed by atoms with van der Waals surface area (Å²) in [5.41, 5.74) is 0.673. The van der Waals surface area contributed by atoms with E-state index in [2.05, 4.69) is 15.1 Å². The van der Waals surface area contributed by atoms with Gasteiger partial charge in [0.15, 0.2) is 0 Å². The van der Waals surface area contributed by atoms with Crippen LogP contribution in [0.5, 0.6) is 0 Å². The van der Waals surface area contributed by atoms with Gasteiger partial charge in [-0.25, -0.2) is 0 Å². The monoisotopic (exact) mass is 341 g/mol. The molecule has 0 radical (unpaired) electrons. The summed E-state index contributed by atoms with van der Waals surface area (Å²) in [6.45, 7) is 4.02. The molecule has 118 valence electrons. The average Bonchev–Trinajstić information content (AvgIpc) is 3.16. The molecule has 5 nitrogen and oxygen atoms in total. The number of hydrogen-bond acceptors (Lipinski definition) is 5. The fraction of sp³-hybridized carbons (Fsp3) is 0.467. The van der Waals surface area contributed by atoms with Crippen LogP contribution in [0.4, 0.5) is 0 Å². The Bertz CT molecular complexity index is 662. The van der Waals surface area contributed by atoms with Gasteiger partial charge < -0.3 is 9.52 Å². The largest absolute Gasteiger partial charge is 0.419 e. The highest BCUT2D eigenvalue weighted by atomic mass is 35.5. The molecule has 0 unspecified atom stereocenters. The highest BCUT2D eigenvalue weighted by molar-refractivity contribution is 6.36. The first-order valence-corrected chi connectivity index (χ1v) is 7.98. The topological polar surface area (TPSA) is 62.4 Å². The van der Waals surface area contributed by atoms with E-state index in [-0.39, 0.29) is 12.6 Å². The van der Waals surface area contributed by atoms with Crippen LogP contribution in [0, 0.1) is 5.92 Å². The lowest BCUT2D eigenvalue weighted by molar-refractivity contribution is 0.190. The van der Waals surface area contributed by atoms with Crippen molar-refractivity contribution in [2.24, 2.45) is 5.92 Å². The summed E-state index contributed by atoms with van der Waals surface area (Å²) in [5, 5.41) is 18.5. The van der Waals surface area contributed by atoms with Gasteiger partial charge in [0.2, 0.25) is 11.8 Å². The molecule has 1 aromatic heterocycles. The first kappa shape index (κ1) is 15.7. The maximum Gasteiger partial charge on any atom is 0.249 e. The van der Waals surface area contributed by atoms with Gasteiger partial charge in [-0.05, 0) is 44.0 Å². The van der Waals surface area contributed by atoms with Crippen LogP contribution in [-0.4, -0.2) is 39.9 Å². The molecule has 1 N–H and O–H groups in total. The van der Waals surface area contributed by atoms with Crippen LogP contribution in [0.3, 0.4) is 0 Å². The van der Waals surface area contributed by atoms with E-state index in [1.807, 2.05) is 6.92 Å². The van der Waals surface area contributed by atoms with Gasteiger partial charge in [0, 0.05) is 18.2 Å². The summed E-state index contributed by atoms with van der Waals surface area (Å²) in [6, 6.07) is 5.17. The predicted molar refractivity (Wildman–Crippen MR) is 84.9 cm³/mol. The van der Waals surface area contributed by atoms with Crippen LogP contribution < -0.4 is 0 Å². The minimum atomic E-state index is 0.0175. The van der Waals surface area contributed by atoms with Crippen LogP contribution in [-0.2, 0) is 0 Å². The maximum absolute atomic E-state index is 9.24. The van der Waals surface area contributed by atoms with Crippen LogP contribution in [0.15, 0.2) is 22.6 Å². The Kier molecular flexibility index (Phi) is 4.68. The molecule has 0 bridgehead atoms. The second-order valence-electron chi connectivity index (χ2n) is 5.58. The number of aliphatic hydroxyl groups excluding tert-OH is 1. The first-order valence-electron chi connectivity index (χ1n) is 7.22. The maximum atomic E-state index is 9.24. The number of nitrogens with zero attached hydrogens (tertiary/aromatic N) is 3.